The summed E-state index contributed by atoms with van der Waals surface area (Å²) in [6, 6.07) is 47.0. The van der Waals surface area contributed by atoms with Gasteiger partial charge in [-0.1, -0.05) is 129 Å². The van der Waals surface area contributed by atoms with Crippen molar-refractivity contribution in [3.05, 3.63) is 196 Å². The molecule has 0 saturated carbocycles. The average molecular weight is 694 g/mol. The second kappa shape index (κ2) is 12.3. The van der Waals surface area contributed by atoms with Gasteiger partial charge in [-0.05, 0) is 93.7 Å². The fourth-order valence-corrected chi connectivity index (χ4v) is 8.61. The van der Waals surface area contributed by atoms with E-state index >= 15 is 0 Å². The van der Waals surface area contributed by atoms with Crippen LogP contribution >= 0.6 is 0 Å². The van der Waals surface area contributed by atoms with Gasteiger partial charge in [-0.25, -0.2) is 9.69 Å². The van der Waals surface area contributed by atoms with Gasteiger partial charge in [-0.15, -0.1) is 0 Å². The highest BCUT2D eigenvalue weighted by atomic mass is 16.1. The summed E-state index contributed by atoms with van der Waals surface area (Å²) in [6.07, 6.45) is 0. The molecule has 0 bridgehead atoms. The molecule has 1 heterocycles. The van der Waals surface area contributed by atoms with Crippen LogP contribution in [-0.2, 0) is 5.41 Å². The Kier molecular flexibility index (Phi) is 7.49. The number of fused-ring (bicyclic) bond motifs is 5. The molecule has 0 saturated heterocycles. The van der Waals surface area contributed by atoms with Gasteiger partial charge in [0.1, 0.15) is 0 Å². The molecule has 0 unspecified atom stereocenters. The number of aromatic nitrogens is 1. The van der Waals surface area contributed by atoms with Crippen molar-refractivity contribution in [1.29, 1.82) is 0 Å². The van der Waals surface area contributed by atoms with Crippen LogP contribution in [0.2, 0.25) is 0 Å². The molecule has 0 atom stereocenters. The van der Waals surface area contributed by atoms with E-state index in [4.69, 9.17) is 13.1 Å². The molecule has 4 heteroatoms. The Morgan fingerprint density at radius 1 is 0.500 bits per heavy atom. The summed E-state index contributed by atoms with van der Waals surface area (Å²) in [7, 11) is 0. The van der Waals surface area contributed by atoms with Crippen molar-refractivity contribution in [3.63, 3.8) is 0 Å². The normalized spacial score (nSPS) is 13.0. The second-order valence-corrected chi connectivity index (χ2v) is 14.7. The van der Waals surface area contributed by atoms with Crippen molar-refractivity contribution in [1.82, 2.24) is 4.57 Å². The van der Waals surface area contributed by atoms with E-state index in [1.54, 1.807) is 6.07 Å². The van der Waals surface area contributed by atoms with E-state index in [1.807, 2.05) is 54.6 Å². The van der Waals surface area contributed by atoms with Gasteiger partial charge in [-0.2, -0.15) is 0 Å². The third kappa shape index (κ3) is 4.85. The molecule has 0 amide bonds. The number of carbonyl (C=O) groups excluding carboxylic acids is 1. The fraction of sp³-hybridized carbons (Fsp3) is 0.100. The van der Waals surface area contributed by atoms with E-state index in [-0.39, 0.29) is 5.78 Å². The number of carbonyl (C=O) groups is 1. The maximum Gasteiger partial charge on any atom is 0.194 e. The largest absolute Gasteiger partial charge is 0.309 e. The molecule has 0 fully saturated rings. The molecule has 0 N–H and O–H groups in total. The van der Waals surface area contributed by atoms with E-state index in [1.165, 1.54) is 32.9 Å². The van der Waals surface area contributed by atoms with Gasteiger partial charge < -0.3 is 4.57 Å². The Morgan fingerprint density at radius 2 is 1.02 bits per heavy atom. The maximum atomic E-state index is 14.7. The molecule has 7 aromatic carbocycles. The zero-order chi connectivity index (χ0) is 37.3. The monoisotopic (exact) mass is 693 g/mol. The highest BCUT2D eigenvalue weighted by molar-refractivity contribution is 6.15. The van der Waals surface area contributed by atoms with Gasteiger partial charge in [0.25, 0.3) is 0 Å². The molecular formula is C50H35N3O. The van der Waals surface area contributed by atoms with Crippen molar-refractivity contribution in [2.24, 2.45) is 0 Å². The van der Waals surface area contributed by atoms with E-state index in [9.17, 15) is 4.79 Å². The van der Waals surface area contributed by atoms with E-state index in [2.05, 4.69) is 121 Å². The van der Waals surface area contributed by atoms with Crippen molar-refractivity contribution in [3.8, 4) is 39.1 Å². The predicted molar refractivity (Wildman–Crippen MR) is 221 cm³/mol. The molecular weight excluding hydrogens is 659 g/mol. The SMILES string of the molecule is [C-]#[N+]c1ccccc1-c1cc2c(cc1-c1ccccc1[N+]#[C-])C(C)(C)c1ccc(-c3ccc(-n4c5c(C)cccc5c5cccc(C)c54)cc3)cc1C2=O. The van der Waals surface area contributed by atoms with Crippen LogP contribution < -0.4 is 0 Å². The highest BCUT2D eigenvalue weighted by Gasteiger charge is 2.38. The first-order chi connectivity index (χ1) is 26.2. The molecule has 1 aliphatic carbocycles. The quantitative estimate of drug-likeness (QED) is 0.169. The topological polar surface area (TPSA) is 30.7 Å². The lowest BCUT2D eigenvalue weighted by atomic mass is 9.67. The minimum Gasteiger partial charge on any atom is -0.309 e. The number of nitrogens with zero attached hydrogens (tertiary/aromatic N) is 3. The third-order valence-electron chi connectivity index (χ3n) is 11.3. The van der Waals surface area contributed by atoms with Crippen molar-refractivity contribution < 1.29 is 4.79 Å². The summed E-state index contributed by atoms with van der Waals surface area (Å²) in [4.78, 5) is 22.4. The molecule has 0 spiro atoms. The molecule has 256 valence electrons. The van der Waals surface area contributed by atoms with Gasteiger partial charge >= 0.3 is 0 Å². The van der Waals surface area contributed by atoms with Crippen LogP contribution in [-0.4, -0.2) is 10.4 Å². The Hall–Kier alpha value is -7.01. The lowest BCUT2D eigenvalue weighted by Gasteiger charge is -2.36. The first-order valence-electron chi connectivity index (χ1n) is 18.1. The third-order valence-corrected chi connectivity index (χ3v) is 11.3. The summed E-state index contributed by atoms with van der Waals surface area (Å²) in [5.74, 6) is -0.0411. The first kappa shape index (κ1) is 32.9. The first-order valence-corrected chi connectivity index (χ1v) is 18.1. The second-order valence-electron chi connectivity index (χ2n) is 14.7. The van der Waals surface area contributed by atoms with Crippen molar-refractivity contribution in [2.45, 2.75) is 33.1 Å². The van der Waals surface area contributed by atoms with Gasteiger partial charge in [0.15, 0.2) is 17.2 Å². The molecule has 1 aliphatic rings. The van der Waals surface area contributed by atoms with Crippen LogP contribution in [0.25, 0.3) is 70.6 Å². The number of aryl methyl sites for hydroxylation is 2. The number of hydrogen-bond donors (Lipinski definition) is 0. The average Bonchev–Trinajstić information content (AvgIpc) is 3.56. The highest BCUT2D eigenvalue weighted by Crippen LogP contribution is 2.49. The van der Waals surface area contributed by atoms with Gasteiger partial charge in [0.2, 0.25) is 0 Å². The summed E-state index contributed by atoms with van der Waals surface area (Å²) >= 11 is 0. The Morgan fingerprint density at radius 3 is 1.59 bits per heavy atom. The van der Waals surface area contributed by atoms with E-state index < -0.39 is 5.41 Å². The maximum absolute atomic E-state index is 14.7. The zero-order valence-corrected chi connectivity index (χ0v) is 30.5. The molecule has 8 aromatic rings. The minimum atomic E-state index is -0.507. The van der Waals surface area contributed by atoms with E-state index in [0.717, 1.165) is 50.2 Å². The summed E-state index contributed by atoms with van der Waals surface area (Å²) in [6.45, 7) is 24.5. The Balaban J connectivity index is 1.18. The molecule has 0 aliphatic heterocycles. The van der Waals surface area contributed by atoms with Crippen LogP contribution in [0.5, 0.6) is 0 Å². The lowest BCUT2D eigenvalue weighted by Crippen LogP contribution is -2.30. The molecule has 9 rings (SSSR count). The molecule has 1 aromatic heterocycles. The van der Waals surface area contributed by atoms with Crippen LogP contribution in [0.4, 0.5) is 11.4 Å². The van der Waals surface area contributed by atoms with Crippen molar-refractivity contribution in [2.75, 3.05) is 0 Å². The number of ketones is 1. The standard InChI is InChI=1S/C50H35N3O/c1-30-13-11-17-37-38-18-12-14-31(2)48(38)53(47(30)37)34-24-21-32(22-25-34)33-23-26-43-41(27-33)49(54)42-28-39(35-15-7-9-19-45(35)51-5)40(29-44(42)50(43,3)4)36-16-8-10-20-46(36)52-6/h7-29H,1-4H3. The smallest absolute Gasteiger partial charge is 0.194 e. The minimum absolute atomic E-state index is 0.0411. The van der Waals surface area contributed by atoms with Crippen LogP contribution in [0, 0.1) is 27.0 Å². The summed E-state index contributed by atoms with van der Waals surface area (Å²) in [5.41, 5.74) is 14.8. The van der Waals surface area contributed by atoms with Crippen LogP contribution in [0.1, 0.15) is 52.0 Å². The van der Waals surface area contributed by atoms with Gasteiger partial charge in [-0.3, -0.25) is 4.79 Å². The lowest BCUT2D eigenvalue weighted by molar-refractivity contribution is 0.103. The number of rotatable bonds is 4. The van der Waals surface area contributed by atoms with Gasteiger partial charge in [0, 0.05) is 33.0 Å². The van der Waals surface area contributed by atoms with Gasteiger partial charge in [0.05, 0.1) is 24.2 Å². The fourth-order valence-electron chi connectivity index (χ4n) is 8.61. The number of para-hydroxylation sites is 4. The Labute approximate surface area is 315 Å². The zero-order valence-electron chi connectivity index (χ0n) is 30.5. The van der Waals surface area contributed by atoms with Crippen LogP contribution in [0.3, 0.4) is 0 Å². The number of benzene rings is 7. The molecule has 0 radical (unpaired) electrons. The Bertz CT molecular complexity index is 2910. The summed E-state index contributed by atoms with van der Waals surface area (Å²) in [5, 5.41) is 2.50. The molecule has 4 nitrogen and oxygen atoms in total. The van der Waals surface area contributed by atoms with E-state index in [0.29, 0.717) is 22.5 Å². The summed E-state index contributed by atoms with van der Waals surface area (Å²) < 4.78 is 2.38. The number of hydrogen-bond acceptors (Lipinski definition) is 1. The van der Waals surface area contributed by atoms with Crippen molar-refractivity contribution >= 4 is 39.0 Å². The van der Waals surface area contributed by atoms with Crippen LogP contribution in [0.15, 0.2) is 140 Å². The predicted octanol–water partition coefficient (Wildman–Crippen LogP) is 13.4. The molecule has 54 heavy (non-hydrogen) atoms.